The van der Waals surface area contributed by atoms with Gasteiger partial charge in [0.25, 0.3) is 0 Å². The number of rotatable bonds is 0. The SMILES string of the molecule is NC1Nc2ccccc2N2CCNCC12. The van der Waals surface area contributed by atoms with E-state index in [2.05, 4.69) is 33.7 Å². The van der Waals surface area contributed by atoms with Gasteiger partial charge in [0.05, 0.1) is 23.6 Å². The minimum Gasteiger partial charge on any atom is -0.366 e. The lowest BCUT2D eigenvalue weighted by Crippen LogP contribution is -2.63. The summed E-state index contributed by atoms with van der Waals surface area (Å²) >= 11 is 0. The molecular weight excluding hydrogens is 188 g/mol. The Morgan fingerprint density at radius 1 is 1.33 bits per heavy atom. The van der Waals surface area contributed by atoms with E-state index in [1.807, 2.05) is 6.07 Å². The fourth-order valence-electron chi connectivity index (χ4n) is 2.47. The quantitative estimate of drug-likeness (QED) is 0.564. The Labute approximate surface area is 89.4 Å². The van der Waals surface area contributed by atoms with Crippen LogP contribution in [0.4, 0.5) is 11.4 Å². The van der Waals surface area contributed by atoms with Gasteiger partial charge in [-0.15, -0.1) is 0 Å². The van der Waals surface area contributed by atoms with Gasteiger partial charge in [-0.3, -0.25) is 0 Å². The molecule has 1 aromatic rings. The van der Waals surface area contributed by atoms with Gasteiger partial charge in [-0.05, 0) is 12.1 Å². The molecule has 2 aliphatic heterocycles. The molecule has 0 saturated carbocycles. The first-order valence-corrected chi connectivity index (χ1v) is 5.45. The van der Waals surface area contributed by atoms with Crippen LogP contribution in [-0.4, -0.2) is 31.8 Å². The van der Waals surface area contributed by atoms with Crippen LogP contribution in [0.15, 0.2) is 24.3 Å². The van der Waals surface area contributed by atoms with E-state index >= 15 is 0 Å². The number of para-hydroxylation sites is 2. The Bertz CT molecular complexity index is 365. The van der Waals surface area contributed by atoms with Crippen molar-refractivity contribution in [3.05, 3.63) is 24.3 Å². The van der Waals surface area contributed by atoms with Crippen LogP contribution in [0.3, 0.4) is 0 Å². The van der Waals surface area contributed by atoms with E-state index in [4.69, 9.17) is 5.73 Å². The van der Waals surface area contributed by atoms with Crippen molar-refractivity contribution in [1.82, 2.24) is 5.32 Å². The second kappa shape index (κ2) is 3.40. The lowest BCUT2D eigenvalue weighted by Gasteiger charge is -2.45. The fourth-order valence-corrected chi connectivity index (χ4v) is 2.47. The number of anilines is 2. The molecule has 4 heteroatoms. The average molecular weight is 204 g/mol. The van der Waals surface area contributed by atoms with Crippen LogP contribution in [0.2, 0.25) is 0 Å². The van der Waals surface area contributed by atoms with E-state index in [-0.39, 0.29) is 6.17 Å². The third-order valence-corrected chi connectivity index (χ3v) is 3.23. The highest BCUT2D eigenvalue weighted by molar-refractivity contribution is 5.73. The number of fused-ring (bicyclic) bond motifs is 3. The zero-order chi connectivity index (χ0) is 10.3. The Morgan fingerprint density at radius 3 is 3.13 bits per heavy atom. The smallest absolute Gasteiger partial charge is 0.0965 e. The van der Waals surface area contributed by atoms with Crippen molar-refractivity contribution >= 4 is 11.4 Å². The van der Waals surface area contributed by atoms with Gasteiger partial charge in [-0.25, -0.2) is 0 Å². The maximum absolute atomic E-state index is 6.11. The summed E-state index contributed by atoms with van der Waals surface area (Å²) < 4.78 is 0. The molecule has 1 aromatic carbocycles. The van der Waals surface area contributed by atoms with Crippen molar-refractivity contribution in [3.63, 3.8) is 0 Å². The second-order valence-corrected chi connectivity index (χ2v) is 4.15. The Morgan fingerprint density at radius 2 is 2.20 bits per heavy atom. The Kier molecular flexibility index (Phi) is 2.04. The molecule has 2 heterocycles. The van der Waals surface area contributed by atoms with Crippen LogP contribution < -0.4 is 21.3 Å². The molecule has 2 unspecified atom stereocenters. The third-order valence-electron chi connectivity index (χ3n) is 3.23. The number of piperazine rings is 1. The van der Waals surface area contributed by atoms with Gasteiger partial charge in [0.1, 0.15) is 0 Å². The van der Waals surface area contributed by atoms with Crippen molar-refractivity contribution in [1.29, 1.82) is 0 Å². The number of hydrogen-bond acceptors (Lipinski definition) is 4. The molecule has 3 rings (SSSR count). The summed E-state index contributed by atoms with van der Waals surface area (Å²) in [5.41, 5.74) is 8.55. The van der Waals surface area contributed by atoms with Gasteiger partial charge in [0.2, 0.25) is 0 Å². The van der Waals surface area contributed by atoms with E-state index in [0.29, 0.717) is 6.04 Å². The molecule has 0 aromatic heterocycles. The van der Waals surface area contributed by atoms with E-state index < -0.39 is 0 Å². The zero-order valence-corrected chi connectivity index (χ0v) is 8.61. The van der Waals surface area contributed by atoms with Gasteiger partial charge in [-0.2, -0.15) is 0 Å². The molecule has 0 spiro atoms. The minimum atomic E-state index is 0.0210. The summed E-state index contributed by atoms with van der Waals surface area (Å²) in [6.07, 6.45) is 0.0210. The highest BCUT2D eigenvalue weighted by atomic mass is 15.3. The summed E-state index contributed by atoms with van der Waals surface area (Å²) in [5.74, 6) is 0. The van der Waals surface area contributed by atoms with Crippen LogP contribution in [-0.2, 0) is 0 Å². The van der Waals surface area contributed by atoms with Crippen LogP contribution in [0.25, 0.3) is 0 Å². The van der Waals surface area contributed by atoms with E-state index in [1.54, 1.807) is 0 Å². The molecule has 1 saturated heterocycles. The van der Waals surface area contributed by atoms with E-state index in [1.165, 1.54) is 5.69 Å². The van der Waals surface area contributed by atoms with Crippen LogP contribution in [0, 0.1) is 0 Å². The summed E-state index contributed by atoms with van der Waals surface area (Å²) in [5, 5.41) is 6.74. The highest BCUT2D eigenvalue weighted by Crippen LogP contribution is 2.32. The van der Waals surface area contributed by atoms with Crippen LogP contribution in [0.1, 0.15) is 0 Å². The van der Waals surface area contributed by atoms with Gasteiger partial charge in [-0.1, -0.05) is 12.1 Å². The van der Waals surface area contributed by atoms with E-state index in [9.17, 15) is 0 Å². The van der Waals surface area contributed by atoms with Crippen LogP contribution >= 0.6 is 0 Å². The third kappa shape index (κ3) is 1.37. The normalized spacial score (nSPS) is 29.0. The first-order valence-electron chi connectivity index (χ1n) is 5.45. The molecule has 4 N–H and O–H groups in total. The Hall–Kier alpha value is -1.26. The molecule has 15 heavy (non-hydrogen) atoms. The monoisotopic (exact) mass is 204 g/mol. The number of nitrogens with two attached hydrogens (primary N) is 1. The van der Waals surface area contributed by atoms with Crippen molar-refractivity contribution < 1.29 is 0 Å². The molecule has 2 aliphatic rings. The predicted molar refractivity (Wildman–Crippen MR) is 62.0 cm³/mol. The first-order chi connectivity index (χ1) is 7.36. The number of nitrogens with zero attached hydrogens (tertiary/aromatic N) is 1. The summed E-state index contributed by atoms with van der Waals surface area (Å²) in [6, 6.07) is 8.74. The van der Waals surface area contributed by atoms with Crippen molar-refractivity contribution in [2.45, 2.75) is 12.2 Å². The molecule has 4 nitrogen and oxygen atoms in total. The van der Waals surface area contributed by atoms with Crippen molar-refractivity contribution in [3.8, 4) is 0 Å². The standard InChI is InChI=1S/C11H16N4/c12-11-10-7-13-5-6-15(10)9-4-2-1-3-8(9)14-11/h1-4,10-11,13-14H,5-7,12H2. The van der Waals surface area contributed by atoms with Gasteiger partial charge >= 0.3 is 0 Å². The minimum absolute atomic E-state index is 0.0210. The van der Waals surface area contributed by atoms with Crippen LogP contribution in [0.5, 0.6) is 0 Å². The fraction of sp³-hybridized carbons (Fsp3) is 0.455. The molecule has 0 radical (unpaired) electrons. The lowest BCUT2D eigenvalue weighted by atomic mass is 10.0. The second-order valence-electron chi connectivity index (χ2n) is 4.15. The zero-order valence-electron chi connectivity index (χ0n) is 8.61. The molecule has 80 valence electrons. The lowest BCUT2D eigenvalue weighted by molar-refractivity contribution is 0.426. The number of nitrogens with one attached hydrogen (secondary N) is 2. The topological polar surface area (TPSA) is 53.3 Å². The molecule has 0 aliphatic carbocycles. The summed E-state index contributed by atoms with van der Waals surface area (Å²) in [6.45, 7) is 3.04. The Balaban J connectivity index is 2.02. The van der Waals surface area contributed by atoms with E-state index in [0.717, 1.165) is 25.3 Å². The predicted octanol–water partition coefficient (Wildman–Crippen LogP) is 0.175. The number of benzene rings is 1. The van der Waals surface area contributed by atoms with Gasteiger partial charge in [0.15, 0.2) is 0 Å². The van der Waals surface area contributed by atoms with Crippen molar-refractivity contribution in [2.75, 3.05) is 29.9 Å². The largest absolute Gasteiger partial charge is 0.366 e. The van der Waals surface area contributed by atoms with Gasteiger partial charge < -0.3 is 21.3 Å². The molecule has 0 amide bonds. The maximum atomic E-state index is 6.11. The summed E-state index contributed by atoms with van der Waals surface area (Å²) in [7, 11) is 0. The molecule has 2 atom stereocenters. The average Bonchev–Trinajstić information content (AvgIpc) is 2.30. The van der Waals surface area contributed by atoms with Crippen molar-refractivity contribution in [2.24, 2.45) is 5.73 Å². The first kappa shape index (κ1) is 9.00. The molecule has 1 fully saturated rings. The van der Waals surface area contributed by atoms with Gasteiger partial charge in [0, 0.05) is 19.6 Å². The molecular formula is C11H16N4. The maximum Gasteiger partial charge on any atom is 0.0965 e. The highest BCUT2D eigenvalue weighted by Gasteiger charge is 2.33. The molecule has 0 bridgehead atoms. The number of hydrogen-bond donors (Lipinski definition) is 3. The summed E-state index contributed by atoms with van der Waals surface area (Å²) in [4.78, 5) is 2.41.